The lowest BCUT2D eigenvalue weighted by molar-refractivity contribution is -0.119. The number of nitrogens with zero attached hydrogens (tertiary/aromatic N) is 1. The van der Waals surface area contributed by atoms with E-state index in [9.17, 15) is 9.59 Å². The number of hydrogen-bond acceptors (Lipinski definition) is 3. The van der Waals surface area contributed by atoms with E-state index in [4.69, 9.17) is 11.6 Å². The van der Waals surface area contributed by atoms with E-state index in [1.807, 2.05) is 24.3 Å². The summed E-state index contributed by atoms with van der Waals surface area (Å²) in [5, 5.41) is 0.662. The zero-order valence-electron chi connectivity index (χ0n) is 18.1. The maximum Gasteiger partial charge on any atom is 0.162 e. The molecule has 2 aliphatic carbocycles. The van der Waals surface area contributed by atoms with Crippen molar-refractivity contribution in [1.82, 2.24) is 4.90 Å². The second-order valence-corrected chi connectivity index (χ2v) is 10.8. The number of allylic oxidation sites excluding steroid dienone is 4. The van der Waals surface area contributed by atoms with Crippen molar-refractivity contribution < 1.29 is 9.59 Å². The Morgan fingerprint density at radius 2 is 1.31 bits per heavy atom. The van der Waals surface area contributed by atoms with E-state index < -0.39 is 0 Å². The molecule has 3 aliphatic rings. The van der Waals surface area contributed by atoms with Gasteiger partial charge in [-0.2, -0.15) is 0 Å². The average Bonchev–Trinajstić information content (AvgIpc) is 2.59. The first-order valence-electron chi connectivity index (χ1n) is 10.6. The molecule has 0 atom stereocenters. The van der Waals surface area contributed by atoms with Crippen LogP contribution in [0.4, 0.5) is 0 Å². The largest absolute Gasteiger partial charge is 0.348 e. The van der Waals surface area contributed by atoms with Crippen LogP contribution in [0.3, 0.4) is 0 Å². The van der Waals surface area contributed by atoms with Crippen LogP contribution in [0.2, 0.25) is 5.02 Å². The highest BCUT2D eigenvalue weighted by Gasteiger charge is 2.48. The van der Waals surface area contributed by atoms with Crippen LogP contribution in [0.15, 0.2) is 46.8 Å². The Morgan fingerprint density at radius 1 is 0.862 bits per heavy atom. The molecule has 0 aromatic heterocycles. The molecule has 29 heavy (non-hydrogen) atoms. The SMILES string of the molecule is CCN1C2=C(C(=O)CC(C)(C)C2)C(c2ccc(Cl)cc2)C2=C1CC(C)(C)CC2=O. The first kappa shape index (κ1) is 20.4. The van der Waals surface area contributed by atoms with Gasteiger partial charge in [-0.3, -0.25) is 9.59 Å². The highest BCUT2D eigenvalue weighted by molar-refractivity contribution is 6.30. The summed E-state index contributed by atoms with van der Waals surface area (Å²) in [4.78, 5) is 29.1. The van der Waals surface area contributed by atoms with Gasteiger partial charge >= 0.3 is 0 Å². The summed E-state index contributed by atoms with van der Waals surface area (Å²) in [6.07, 6.45) is 2.76. The quantitative estimate of drug-likeness (QED) is 0.594. The molecule has 0 saturated heterocycles. The van der Waals surface area contributed by atoms with E-state index in [2.05, 4.69) is 39.5 Å². The summed E-state index contributed by atoms with van der Waals surface area (Å²) in [7, 11) is 0. The molecule has 0 spiro atoms. The van der Waals surface area contributed by atoms with Gasteiger partial charge in [0.05, 0.1) is 0 Å². The standard InChI is InChI=1S/C25H30ClNO2/c1-6-27-17-11-24(2,3)13-19(28)22(17)21(15-7-9-16(26)10-8-15)23-18(27)12-25(4,5)14-20(23)29/h7-10,21H,6,11-14H2,1-5H3. The number of carbonyl (C=O) groups excluding carboxylic acids is 2. The van der Waals surface area contributed by atoms with Crippen LogP contribution in [0.5, 0.6) is 0 Å². The fourth-order valence-electron chi connectivity index (χ4n) is 5.42. The van der Waals surface area contributed by atoms with Gasteiger partial charge in [0.15, 0.2) is 11.6 Å². The molecule has 0 amide bonds. The Balaban J connectivity index is 1.98. The van der Waals surface area contributed by atoms with Crippen LogP contribution in [0.1, 0.15) is 71.8 Å². The fraction of sp³-hybridized carbons (Fsp3) is 0.520. The van der Waals surface area contributed by atoms with Gasteiger partial charge in [0.1, 0.15) is 0 Å². The lowest BCUT2D eigenvalue weighted by Gasteiger charge is -2.48. The zero-order chi connectivity index (χ0) is 21.1. The lowest BCUT2D eigenvalue weighted by Crippen LogP contribution is -2.44. The number of ketones is 2. The first-order valence-corrected chi connectivity index (χ1v) is 11.0. The van der Waals surface area contributed by atoms with Gasteiger partial charge in [0.2, 0.25) is 0 Å². The molecule has 154 valence electrons. The minimum Gasteiger partial charge on any atom is -0.348 e. The minimum absolute atomic E-state index is 0.0693. The third kappa shape index (κ3) is 3.48. The summed E-state index contributed by atoms with van der Waals surface area (Å²) < 4.78 is 0. The number of rotatable bonds is 2. The molecule has 1 aliphatic heterocycles. The number of hydrogen-bond donors (Lipinski definition) is 0. The van der Waals surface area contributed by atoms with Crippen LogP contribution >= 0.6 is 11.6 Å². The number of benzene rings is 1. The van der Waals surface area contributed by atoms with Crippen molar-refractivity contribution in [3.63, 3.8) is 0 Å². The van der Waals surface area contributed by atoms with Crippen molar-refractivity contribution in [2.75, 3.05) is 6.54 Å². The van der Waals surface area contributed by atoms with Crippen molar-refractivity contribution in [3.05, 3.63) is 57.4 Å². The molecular weight excluding hydrogens is 382 g/mol. The summed E-state index contributed by atoms with van der Waals surface area (Å²) in [5.74, 6) is 0.0879. The highest BCUT2D eigenvalue weighted by Crippen LogP contribution is 2.54. The van der Waals surface area contributed by atoms with Gasteiger partial charge < -0.3 is 4.90 Å². The zero-order valence-corrected chi connectivity index (χ0v) is 18.8. The van der Waals surface area contributed by atoms with Gasteiger partial charge in [-0.05, 0) is 48.3 Å². The molecule has 0 bridgehead atoms. The van der Waals surface area contributed by atoms with Crippen molar-refractivity contribution in [1.29, 1.82) is 0 Å². The first-order chi connectivity index (χ1) is 13.5. The van der Waals surface area contributed by atoms with Gasteiger partial charge in [-0.1, -0.05) is 51.4 Å². The normalized spacial score (nSPS) is 24.0. The maximum absolute atomic E-state index is 13.4. The van der Waals surface area contributed by atoms with Crippen LogP contribution in [0, 0.1) is 10.8 Å². The molecule has 1 aromatic carbocycles. The van der Waals surface area contributed by atoms with Crippen molar-refractivity contribution in [3.8, 4) is 0 Å². The van der Waals surface area contributed by atoms with Crippen molar-refractivity contribution in [2.45, 2.75) is 66.2 Å². The molecule has 1 aromatic rings. The average molecular weight is 412 g/mol. The number of Topliss-reactive ketones (excluding diaryl/α,β-unsaturated/α-hetero) is 2. The van der Waals surface area contributed by atoms with Gasteiger partial charge in [0.25, 0.3) is 0 Å². The van der Waals surface area contributed by atoms with Crippen LogP contribution in [-0.2, 0) is 9.59 Å². The summed E-state index contributed by atoms with van der Waals surface area (Å²) in [5.41, 5.74) is 4.77. The Bertz CT molecular complexity index is 896. The Hall–Kier alpha value is -1.87. The molecule has 1 heterocycles. The van der Waals surface area contributed by atoms with Crippen molar-refractivity contribution in [2.24, 2.45) is 10.8 Å². The lowest BCUT2D eigenvalue weighted by atomic mass is 9.63. The molecule has 4 heteroatoms. The van der Waals surface area contributed by atoms with E-state index in [1.54, 1.807) is 0 Å². The van der Waals surface area contributed by atoms with E-state index >= 15 is 0 Å². The predicted molar refractivity (Wildman–Crippen MR) is 117 cm³/mol. The molecule has 0 unspecified atom stereocenters. The second-order valence-electron chi connectivity index (χ2n) is 10.3. The van der Waals surface area contributed by atoms with E-state index in [-0.39, 0.29) is 28.3 Å². The van der Waals surface area contributed by atoms with Crippen LogP contribution in [-0.4, -0.2) is 23.0 Å². The van der Waals surface area contributed by atoms with Gasteiger partial charge in [-0.25, -0.2) is 0 Å². The molecule has 0 radical (unpaired) electrons. The Morgan fingerprint density at radius 3 is 1.72 bits per heavy atom. The third-order valence-corrected chi connectivity index (χ3v) is 6.79. The maximum atomic E-state index is 13.4. The predicted octanol–water partition coefficient (Wildman–Crippen LogP) is 6.05. The Kier molecular flexibility index (Phi) is 4.81. The second kappa shape index (κ2) is 6.84. The Labute approximate surface area is 178 Å². The topological polar surface area (TPSA) is 37.4 Å². The number of carbonyl (C=O) groups is 2. The van der Waals surface area contributed by atoms with E-state index in [0.717, 1.165) is 47.5 Å². The minimum atomic E-state index is -0.271. The third-order valence-electron chi connectivity index (χ3n) is 6.54. The van der Waals surface area contributed by atoms with Crippen molar-refractivity contribution >= 4 is 23.2 Å². The summed E-state index contributed by atoms with van der Waals surface area (Å²) >= 11 is 6.14. The molecule has 4 rings (SSSR count). The molecule has 0 fully saturated rings. The van der Waals surface area contributed by atoms with Crippen LogP contribution in [0.25, 0.3) is 0 Å². The smallest absolute Gasteiger partial charge is 0.162 e. The summed E-state index contributed by atoms with van der Waals surface area (Å²) in [6, 6.07) is 7.67. The number of halogens is 1. The molecule has 3 nitrogen and oxygen atoms in total. The van der Waals surface area contributed by atoms with Gasteiger partial charge in [-0.15, -0.1) is 0 Å². The van der Waals surface area contributed by atoms with E-state index in [1.165, 1.54) is 0 Å². The highest BCUT2D eigenvalue weighted by atomic mass is 35.5. The van der Waals surface area contributed by atoms with Gasteiger partial charge in [0, 0.05) is 52.9 Å². The van der Waals surface area contributed by atoms with E-state index in [0.29, 0.717) is 17.9 Å². The molecular formula is C25H30ClNO2. The molecule has 0 N–H and O–H groups in total. The molecule has 0 saturated carbocycles. The summed E-state index contributed by atoms with van der Waals surface area (Å²) in [6.45, 7) is 11.6. The van der Waals surface area contributed by atoms with Crippen LogP contribution < -0.4 is 0 Å². The fourth-order valence-corrected chi connectivity index (χ4v) is 5.54. The monoisotopic (exact) mass is 411 g/mol.